The average Bonchev–Trinajstić information content (AvgIpc) is 2.69. The molecule has 0 amide bonds. The van der Waals surface area contributed by atoms with Crippen LogP contribution >= 0.6 is 0 Å². The number of ether oxygens (including phenoxy) is 1. The predicted molar refractivity (Wildman–Crippen MR) is 43.4 cm³/mol. The third kappa shape index (κ3) is 1.56. The van der Waals surface area contributed by atoms with Crippen molar-refractivity contribution in [1.29, 1.82) is 0 Å². The van der Waals surface area contributed by atoms with Gasteiger partial charge in [0.15, 0.2) is 5.60 Å². The predicted octanol–water partition coefficient (Wildman–Crippen LogP) is 3.00. The monoisotopic (exact) mass is 196 g/mol. The molecular weight excluding hydrogens is 181 g/mol. The molecule has 1 unspecified atom stereocenters. The summed E-state index contributed by atoms with van der Waals surface area (Å²) in [6.45, 7) is 3.13. The van der Waals surface area contributed by atoms with E-state index < -0.39 is 17.7 Å². The molecule has 1 fully saturated rings. The van der Waals surface area contributed by atoms with E-state index in [0.717, 1.165) is 7.11 Å². The molecule has 0 spiro atoms. The van der Waals surface area contributed by atoms with Gasteiger partial charge < -0.3 is 4.74 Å². The molecule has 0 aromatic carbocycles. The van der Waals surface area contributed by atoms with Crippen LogP contribution in [0.3, 0.4) is 0 Å². The van der Waals surface area contributed by atoms with Crippen molar-refractivity contribution in [3.8, 4) is 0 Å². The molecule has 0 radical (unpaired) electrons. The van der Waals surface area contributed by atoms with Crippen LogP contribution in [-0.4, -0.2) is 18.9 Å². The van der Waals surface area contributed by atoms with Gasteiger partial charge in [0.1, 0.15) is 0 Å². The highest BCUT2D eigenvalue weighted by molar-refractivity contribution is 5.03. The van der Waals surface area contributed by atoms with E-state index in [0.29, 0.717) is 12.8 Å². The van der Waals surface area contributed by atoms with Crippen LogP contribution in [0.2, 0.25) is 0 Å². The molecule has 78 valence electrons. The summed E-state index contributed by atoms with van der Waals surface area (Å²) in [5.41, 5.74) is -1.91. The standard InChI is InChI=1S/C9H15F3O/c1-6(2)8(13-3,7-4-5-7)9(10,11)12/h6-7H,4-5H2,1-3H3. The number of halogens is 3. The maximum atomic E-state index is 12.8. The van der Waals surface area contributed by atoms with Crippen molar-refractivity contribution in [1.82, 2.24) is 0 Å². The Morgan fingerprint density at radius 2 is 1.69 bits per heavy atom. The lowest BCUT2D eigenvalue weighted by atomic mass is 9.84. The number of hydrogen-bond acceptors (Lipinski definition) is 1. The highest BCUT2D eigenvalue weighted by Gasteiger charge is 2.64. The molecule has 13 heavy (non-hydrogen) atoms. The highest BCUT2D eigenvalue weighted by atomic mass is 19.4. The molecule has 0 aromatic rings. The van der Waals surface area contributed by atoms with Crippen molar-refractivity contribution in [2.45, 2.75) is 38.5 Å². The fourth-order valence-electron chi connectivity index (χ4n) is 2.06. The molecule has 0 saturated heterocycles. The molecule has 0 aliphatic heterocycles. The van der Waals surface area contributed by atoms with Gasteiger partial charge in [0.25, 0.3) is 0 Å². The van der Waals surface area contributed by atoms with Crippen LogP contribution in [0.1, 0.15) is 26.7 Å². The summed E-state index contributed by atoms with van der Waals surface area (Å²) in [5, 5.41) is 0. The van der Waals surface area contributed by atoms with E-state index in [1.165, 1.54) is 0 Å². The summed E-state index contributed by atoms with van der Waals surface area (Å²) >= 11 is 0. The van der Waals surface area contributed by atoms with Crippen molar-refractivity contribution in [3.05, 3.63) is 0 Å². The second-order valence-electron chi connectivity index (χ2n) is 3.92. The minimum atomic E-state index is -4.25. The van der Waals surface area contributed by atoms with Crippen LogP contribution in [0.5, 0.6) is 0 Å². The smallest absolute Gasteiger partial charge is 0.368 e. The van der Waals surface area contributed by atoms with Crippen molar-refractivity contribution < 1.29 is 17.9 Å². The molecule has 1 atom stereocenters. The largest absolute Gasteiger partial charge is 0.417 e. The van der Waals surface area contributed by atoms with Crippen molar-refractivity contribution in [3.63, 3.8) is 0 Å². The molecule has 1 rings (SSSR count). The molecule has 0 heterocycles. The van der Waals surface area contributed by atoms with Gasteiger partial charge in [-0.1, -0.05) is 13.8 Å². The first-order chi connectivity index (χ1) is 5.86. The van der Waals surface area contributed by atoms with Gasteiger partial charge in [-0.3, -0.25) is 0 Å². The second kappa shape index (κ2) is 3.15. The van der Waals surface area contributed by atoms with E-state index in [1.807, 2.05) is 0 Å². The van der Waals surface area contributed by atoms with Gasteiger partial charge in [-0.15, -0.1) is 0 Å². The fraction of sp³-hybridized carbons (Fsp3) is 1.00. The quantitative estimate of drug-likeness (QED) is 0.674. The highest BCUT2D eigenvalue weighted by Crippen LogP contribution is 2.53. The summed E-state index contributed by atoms with van der Waals surface area (Å²) in [7, 11) is 1.16. The topological polar surface area (TPSA) is 9.23 Å². The number of rotatable bonds is 3. The van der Waals surface area contributed by atoms with E-state index in [2.05, 4.69) is 0 Å². The van der Waals surface area contributed by atoms with E-state index in [-0.39, 0.29) is 5.92 Å². The summed E-state index contributed by atoms with van der Waals surface area (Å²) in [6, 6.07) is 0. The molecule has 1 aliphatic rings. The van der Waals surface area contributed by atoms with E-state index >= 15 is 0 Å². The summed E-state index contributed by atoms with van der Waals surface area (Å²) in [5.74, 6) is -0.859. The van der Waals surface area contributed by atoms with Gasteiger partial charge in [0.2, 0.25) is 0 Å². The fourth-order valence-corrected chi connectivity index (χ4v) is 2.06. The van der Waals surface area contributed by atoms with Crippen LogP contribution < -0.4 is 0 Å². The number of methoxy groups -OCH3 is 1. The van der Waals surface area contributed by atoms with Crippen LogP contribution in [-0.2, 0) is 4.74 Å². The van der Waals surface area contributed by atoms with E-state index in [9.17, 15) is 13.2 Å². The van der Waals surface area contributed by atoms with Crippen LogP contribution in [0.15, 0.2) is 0 Å². The first kappa shape index (κ1) is 10.8. The molecule has 1 saturated carbocycles. The third-order valence-corrected chi connectivity index (χ3v) is 2.82. The van der Waals surface area contributed by atoms with E-state index in [1.54, 1.807) is 13.8 Å². The maximum absolute atomic E-state index is 12.8. The first-order valence-corrected chi connectivity index (χ1v) is 4.48. The lowest BCUT2D eigenvalue weighted by Crippen LogP contribution is -2.53. The summed E-state index contributed by atoms with van der Waals surface area (Å²) < 4.78 is 43.1. The van der Waals surface area contributed by atoms with E-state index in [4.69, 9.17) is 4.74 Å². The first-order valence-electron chi connectivity index (χ1n) is 4.48. The Bertz CT molecular complexity index is 180. The molecule has 1 aliphatic carbocycles. The Labute approximate surface area is 76.3 Å². The Balaban J connectivity index is 2.95. The Morgan fingerprint density at radius 1 is 1.23 bits per heavy atom. The zero-order chi connectivity index (χ0) is 10.3. The molecular formula is C9H15F3O. The average molecular weight is 196 g/mol. The number of hydrogen-bond donors (Lipinski definition) is 0. The molecule has 0 bridgehead atoms. The van der Waals surface area contributed by atoms with Gasteiger partial charge in [0.05, 0.1) is 0 Å². The van der Waals surface area contributed by atoms with Gasteiger partial charge >= 0.3 is 6.18 Å². The van der Waals surface area contributed by atoms with Crippen molar-refractivity contribution >= 4 is 0 Å². The number of alkyl halides is 3. The van der Waals surface area contributed by atoms with Crippen LogP contribution in [0, 0.1) is 11.8 Å². The summed E-state index contributed by atoms with van der Waals surface area (Å²) in [6.07, 6.45) is -2.99. The second-order valence-corrected chi connectivity index (χ2v) is 3.92. The maximum Gasteiger partial charge on any atom is 0.417 e. The summed E-state index contributed by atoms with van der Waals surface area (Å²) in [4.78, 5) is 0. The lowest BCUT2D eigenvalue weighted by Gasteiger charge is -2.38. The molecule has 0 aromatic heterocycles. The van der Waals surface area contributed by atoms with Crippen LogP contribution in [0.4, 0.5) is 13.2 Å². The van der Waals surface area contributed by atoms with Gasteiger partial charge in [-0.2, -0.15) is 13.2 Å². The van der Waals surface area contributed by atoms with Crippen molar-refractivity contribution in [2.24, 2.45) is 11.8 Å². The molecule has 0 N–H and O–H groups in total. The Morgan fingerprint density at radius 3 is 1.77 bits per heavy atom. The Hall–Kier alpha value is -0.250. The zero-order valence-corrected chi connectivity index (χ0v) is 8.11. The Kier molecular flexibility index (Phi) is 2.63. The van der Waals surface area contributed by atoms with Gasteiger partial charge in [-0.05, 0) is 24.7 Å². The zero-order valence-electron chi connectivity index (χ0n) is 8.11. The van der Waals surface area contributed by atoms with Crippen molar-refractivity contribution in [2.75, 3.05) is 7.11 Å². The SMILES string of the molecule is COC(C(C)C)(C1CC1)C(F)(F)F. The van der Waals surface area contributed by atoms with Gasteiger partial charge in [0, 0.05) is 7.11 Å². The normalized spacial score (nSPS) is 23.3. The lowest BCUT2D eigenvalue weighted by molar-refractivity contribution is -0.294. The molecule has 1 nitrogen and oxygen atoms in total. The van der Waals surface area contributed by atoms with Crippen LogP contribution in [0.25, 0.3) is 0 Å². The minimum Gasteiger partial charge on any atom is -0.368 e. The molecule has 4 heteroatoms. The van der Waals surface area contributed by atoms with Gasteiger partial charge in [-0.25, -0.2) is 0 Å². The minimum absolute atomic E-state index is 0.336. The third-order valence-electron chi connectivity index (χ3n) is 2.82.